The Labute approximate surface area is 191 Å². The van der Waals surface area contributed by atoms with Gasteiger partial charge in [-0.05, 0) is 62.0 Å². The molecule has 0 unspecified atom stereocenters. The van der Waals surface area contributed by atoms with E-state index < -0.39 is 10.0 Å². The summed E-state index contributed by atoms with van der Waals surface area (Å²) in [6.07, 6.45) is 8.52. The zero-order valence-corrected chi connectivity index (χ0v) is 19.9. The molecule has 174 valence electrons. The van der Waals surface area contributed by atoms with E-state index in [0.29, 0.717) is 29.9 Å². The van der Waals surface area contributed by atoms with E-state index in [-0.39, 0.29) is 22.6 Å². The molecule has 4 rings (SSSR count). The van der Waals surface area contributed by atoms with E-state index in [1.54, 1.807) is 24.4 Å². The van der Waals surface area contributed by atoms with Crippen LogP contribution in [0.3, 0.4) is 0 Å². The van der Waals surface area contributed by atoms with Crippen LogP contribution in [0.25, 0.3) is 10.9 Å². The van der Waals surface area contributed by atoms with Crippen molar-refractivity contribution >= 4 is 26.8 Å². The molecule has 1 heterocycles. The molecule has 0 radical (unpaired) electrons. The van der Waals surface area contributed by atoms with Gasteiger partial charge in [-0.2, -0.15) is 0 Å². The van der Waals surface area contributed by atoms with Gasteiger partial charge in [-0.1, -0.05) is 44.9 Å². The molecule has 0 bridgehead atoms. The van der Waals surface area contributed by atoms with Crippen LogP contribution in [0.5, 0.6) is 0 Å². The van der Waals surface area contributed by atoms with Gasteiger partial charge in [0, 0.05) is 30.1 Å². The Morgan fingerprint density at radius 2 is 1.78 bits per heavy atom. The highest BCUT2D eigenvalue weighted by atomic mass is 32.2. The van der Waals surface area contributed by atoms with Crippen LogP contribution >= 0.6 is 0 Å². The molecule has 2 fully saturated rings. The number of carbonyl (C=O) groups is 1. The summed E-state index contributed by atoms with van der Waals surface area (Å²) in [6.45, 7) is 4.93. The lowest BCUT2D eigenvalue weighted by Crippen LogP contribution is -2.46. The van der Waals surface area contributed by atoms with E-state index in [2.05, 4.69) is 28.9 Å². The van der Waals surface area contributed by atoms with Gasteiger partial charge in [0.05, 0.1) is 5.52 Å². The summed E-state index contributed by atoms with van der Waals surface area (Å²) in [6, 6.07) is 9.17. The minimum atomic E-state index is -3.64. The average Bonchev–Trinajstić information content (AvgIpc) is 2.80. The average molecular weight is 458 g/mol. The fraction of sp³-hybridized carbons (Fsp3) is 0.600. The van der Waals surface area contributed by atoms with Crippen LogP contribution in [0.15, 0.2) is 41.4 Å². The first kappa shape index (κ1) is 23.2. The van der Waals surface area contributed by atoms with Gasteiger partial charge in [0.1, 0.15) is 4.90 Å². The molecule has 2 aliphatic rings. The lowest BCUT2D eigenvalue weighted by molar-refractivity contribution is -0.127. The van der Waals surface area contributed by atoms with Crippen molar-refractivity contribution in [1.29, 1.82) is 0 Å². The fourth-order valence-corrected chi connectivity index (χ4v) is 6.61. The summed E-state index contributed by atoms with van der Waals surface area (Å²) < 4.78 is 28.6. The third kappa shape index (κ3) is 5.15. The number of hydrogen-bond donors (Lipinski definition) is 2. The standard InChI is InChI=1S/C25H35N3O3S/c1-17-6-3-9-22(18(17)2)28-25(29)21-13-11-19(12-14-21)16-27-32(30,31)23-10-4-7-20-8-5-15-26-24(20)23/h4-5,7-8,10,15,17-19,21-22,27H,3,6,9,11-14,16H2,1-2H3,(H,28,29)/t17-,18-,19?,21?,22-/m1/s1. The summed E-state index contributed by atoms with van der Waals surface area (Å²) in [5, 5.41) is 4.13. The molecule has 7 heteroatoms. The van der Waals surface area contributed by atoms with Crippen molar-refractivity contribution in [2.75, 3.05) is 6.54 Å². The number of hydrogen-bond acceptors (Lipinski definition) is 4. The molecule has 0 aliphatic heterocycles. The molecule has 2 aromatic rings. The molecular weight excluding hydrogens is 422 g/mol. The van der Waals surface area contributed by atoms with Crippen LogP contribution in [0, 0.1) is 23.7 Å². The van der Waals surface area contributed by atoms with Crippen molar-refractivity contribution in [3.63, 3.8) is 0 Å². The largest absolute Gasteiger partial charge is 0.353 e. The van der Waals surface area contributed by atoms with Crippen molar-refractivity contribution in [2.24, 2.45) is 23.7 Å². The molecule has 1 amide bonds. The Morgan fingerprint density at radius 3 is 2.56 bits per heavy atom. The van der Waals surface area contributed by atoms with Crippen molar-refractivity contribution in [3.8, 4) is 0 Å². The third-order valence-corrected chi connectivity index (χ3v) is 9.15. The molecule has 1 aromatic heterocycles. The summed E-state index contributed by atoms with van der Waals surface area (Å²) in [7, 11) is -3.64. The Bertz CT molecular complexity index is 1040. The lowest BCUT2D eigenvalue weighted by atomic mass is 9.77. The number of pyridine rings is 1. The van der Waals surface area contributed by atoms with Gasteiger partial charge < -0.3 is 5.32 Å². The molecule has 2 aliphatic carbocycles. The predicted molar refractivity (Wildman–Crippen MR) is 126 cm³/mol. The van der Waals surface area contributed by atoms with Gasteiger partial charge in [0.15, 0.2) is 0 Å². The van der Waals surface area contributed by atoms with E-state index in [0.717, 1.165) is 37.5 Å². The molecule has 1 aromatic carbocycles. The molecule has 2 saturated carbocycles. The highest BCUT2D eigenvalue weighted by Gasteiger charge is 2.32. The Morgan fingerprint density at radius 1 is 1.03 bits per heavy atom. The smallest absolute Gasteiger partial charge is 0.242 e. The number of amides is 1. The van der Waals surface area contributed by atoms with E-state index >= 15 is 0 Å². The quantitative estimate of drug-likeness (QED) is 0.678. The highest BCUT2D eigenvalue weighted by molar-refractivity contribution is 7.89. The zero-order chi connectivity index (χ0) is 22.7. The summed E-state index contributed by atoms with van der Waals surface area (Å²) in [5.74, 6) is 1.69. The molecule has 2 N–H and O–H groups in total. The predicted octanol–water partition coefficient (Wildman–Crippen LogP) is 4.26. The molecule has 0 spiro atoms. The molecule has 32 heavy (non-hydrogen) atoms. The Hall–Kier alpha value is -1.99. The number of benzene rings is 1. The first-order chi connectivity index (χ1) is 15.3. The van der Waals surface area contributed by atoms with Crippen molar-refractivity contribution in [2.45, 2.75) is 69.7 Å². The van der Waals surface area contributed by atoms with Gasteiger partial charge in [0.25, 0.3) is 0 Å². The van der Waals surface area contributed by atoms with Gasteiger partial charge in [-0.3, -0.25) is 9.78 Å². The summed E-state index contributed by atoms with van der Waals surface area (Å²) in [5.41, 5.74) is 0.495. The van der Waals surface area contributed by atoms with E-state index in [1.165, 1.54) is 12.8 Å². The number of nitrogens with zero attached hydrogens (tertiary/aromatic N) is 1. The third-order valence-electron chi connectivity index (χ3n) is 7.70. The van der Waals surface area contributed by atoms with Crippen LogP contribution in [-0.2, 0) is 14.8 Å². The van der Waals surface area contributed by atoms with Crippen molar-refractivity contribution in [3.05, 3.63) is 36.5 Å². The maximum atomic E-state index is 12.9. The number of carbonyl (C=O) groups excluding carboxylic acids is 1. The number of fused-ring (bicyclic) bond motifs is 1. The summed E-state index contributed by atoms with van der Waals surface area (Å²) >= 11 is 0. The second-order valence-electron chi connectivity index (χ2n) is 9.78. The molecule has 0 saturated heterocycles. The first-order valence-corrected chi connectivity index (χ1v) is 13.5. The lowest BCUT2D eigenvalue weighted by Gasteiger charge is -2.36. The first-order valence-electron chi connectivity index (χ1n) is 12.0. The van der Waals surface area contributed by atoms with Crippen LogP contribution in [0.2, 0.25) is 0 Å². The monoisotopic (exact) mass is 457 g/mol. The maximum absolute atomic E-state index is 12.9. The topological polar surface area (TPSA) is 88.2 Å². The number of sulfonamides is 1. The van der Waals surface area contributed by atoms with Gasteiger partial charge in [-0.25, -0.2) is 13.1 Å². The minimum absolute atomic E-state index is 0.0505. The SMILES string of the molecule is C[C@@H]1[C@H](C)CCC[C@H]1NC(=O)C1CCC(CNS(=O)(=O)c2cccc3cccnc23)CC1. The zero-order valence-electron chi connectivity index (χ0n) is 19.1. The second kappa shape index (κ2) is 9.87. The van der Waals surface area contributed by atoms with E-state index in [9.17, 15) is 13.2 Å². The number of aromatic nitrogens is 1. The van der Waals surface area contributed by atoms with Gasteiger partial charge in [0.2, 0.25) is 15.9 Å². The molecule has 6 nitrogen and oxygen atoms in total. The molecule has 3 atom stereocenters. The normalized spacial score (nSPS) is 29.0. The van der Waals surface area contributed by atoms with Crippen molar-refractivity contribution < 1.29 is 13.2 Å². The fourth-order valence-electron chi connectivity index (χ4n) is 5.31. The number of nitrogens with one attached hydrogen (secondary N) is 2. The van der Waals surface area contributed by atoms with Crippen LogP contribution in [-0.4, -0.2) is 31.9 Å². The van der Waals surface area contributed by atoms with Crippen LogP contribution in [0.1, 0.15) is 58.8 Å². The maximum Gasteiger partial charge on any atom is 0.242 e. The van der Waals surface area contributed by atoms with E-state index in [4.69, 9.17) is 0 Å². The highest BCUT2D eigenvalue weighted by Crippen LogP contribution is 2.32. The van der Waals surface area contributed by atoms with Gasteiger partial charge >= 0.3 is 0 Å². The Kier molecular flexibility index (Phi) is 7.15. The second-order valence-corrected chi connectivity index (χ2v) is 11.5. The minimum Gasteiger partial charge on any atom is -0.353 e. The number of rotatable bonds is 6. The molecular formula is C25H35N3O3S. The number of para-hydroxylation sites is 1. The Balaban J connectivity index is 1.29. The van der Waals surface area contributed by atoms with Crippen LogP contribution < -0.4 is 10.0 Å². The van der Waals surface area contributed by atoms with Crippen LogP contribution in [0.4, 0.5) is 0 Å². The van der Waals surface area contributed by atoms with Crippen molar-refractivity contribution in [1.82, 2.24) is 15.0 Å². The van der Waals surface area contributed by atoms with E-state index in [1.807, 2.05) is 12.1 Å². The van der Waals surface area contributed by atoms with Gasteiger partial charge in [-0.15, -0.1) is 0 Å². The summed E-state index contributed by atoms with van der Waals surface area (Å²) in [4.78, 5) is 17.3.